The van der Waals surface area contributed by atoms with E-state index in [1.807, 2.05) is 0 Å². The number of fused-ring (bicyclic) bond motifs is 2. The van der Waals surface area contributed by atoms with E-state index in [2.05, 4.69) is 5.32 Å². The predicted molar refractivity (Wildman–Crippen MR) is 88.8 cm³/mol. The number of hydrogen-bond acceptors (Lipinski definition) is 4. The van der Waals surface area contributed by atoms with Crippen LogP contribution in [-0.2, 0) is 9.53 Å². The van der Waals surface area contributed by atoms with Gasteiger partial charge in [0.25, 0.3) is 0 Å². The van der Waals surface area contributed by atoms with Crippen LogP contribution in [-0.4, -0.2) is 79.4 Å². The van der Waals surface area contributed by atoms with E-state index in [9.17, 15) is 9.59 Å². The van der Waals surface area contributed by atoms with Crippen LogP contribution >= 0.6 is 0 Å². The van der Waals surface area contributed by atoms with Crippen molar-refractivity contribution in [2.24, 2.45) is 17.8 Å². The molecule has 7 heteroatoms. The summed E-state index contributed by atoms with van der Waals surface area (Å²) in [6.45, 7) is 2.92. The van der Waals surface area contributed by atoms with Crippen LogP contribution in [0.2, 0.25) is 0 Å². The second kappa shape index (κ2) is 7.70. The number of urea groups is 1. The van der Waals surface area contributed by atoms with Crippen molar-refractivity contribution in [1.29, 1.82) is 0 Å². The summed E-state index contributed by atoms with van der Waals surface area (Å²) in [6, 6.07) is -0.00744. The summed E-state index contributed by atoms with van der Waals surface area (Å²) in [5.41, 5.74) is 0. The van der Waals surface area contributed by atoms with Gasteiger partial charge in [-0.05, 0) is 44.1 Å². The molecule has 3 aliphatic rings. The van der Waals surface area contributed by atoms with E-state index in [1.54, 1.807) is 16.8 Å². The highest BCUT2D eigenvalue weighted by molar-refractivity contribution is 5.74. The maximum atomic E-state index is 12.4. The third-order valence-electron chi connectivity index (χ3n) is 5.75. The smallest absolute Gasteiger partial charge is 0.317 e. The summed E-state index contributed by atoms with van der Waals surface area (Å²) >= 11 is 0. The van der Waals surface area contributed by atoms with Gasteiger partial charge in [-0.3, -0.25) is 9.69 Å². The molecule has 7 nitrogen and oxygen atoms in total. The standard InChI is InChI=1S/C17H29N3O4/c1-19(11-16(21)22)9-15-10-20(4-5-24-15)17(23)18-8-14-7-12-2-3-13(14)6-12/h12-15H,2-11H2,1H3,(H,18,23)(H,21,22). The average molecular weight is 339 g/mol. The van der Waals surface area contributed by atoms with Crippen molar-refractivity contribution in [3.8, 4) is 0 Å². The number of rotatable bonds is 6. The number of morpholine rings is 1. The first-order valence-corrected chi connectivity index (χ1v) is 9.06. The first kappa shape index (κ1) is 17.5. The molecule has 0 aromatic heterocycles. The molecule has 0 radical (unpaired) electrons. The predicted octanol–water partition coefficient (Wildman–Crippen LogP) is 0.849. The van der Waals surface area contributed by atoms with Crippen molar-refractivity contribution >= 4 is 12.0 Å². The van der Waals surface area contributed by atoms with Crippen molar-refractivity contribution < 1.29 is 19.4 Å². The summed E-state index contributed by atoms with van der Waals surface area (Å²) < 4.78 is 5.67. The van der Waals surface area contributed by atoms with Gasteiger partial charge in [0.1, 0.15) is 0 Å². The quantitative estimate of drug-likeness (QED) is 0.750. The molecule has 1 saturated heterocycles. The summed E-state index contributed by atoms with van der Waals surface area (Å²) in [5, 5.41) is 11.9. The molecule has 2 N–H and O–H groups in total. The van der Waals surface area contributed by atoms with E-state index >= 15 is 0 Å². The molecule has 3 rings (SSSR count). The molecule has 2 saturated carbocycles. The fraction of sp³-hybridized carbons (Fsp3) is 0.882. The molecule has 3 fully saturated rings. The molecule has 2 bridgehead atoms. The molecule has 2 amide bonds. The van der Waals surface area contributed by atoms with Crippen molar-refractivity contribution in [2.45, 2.75) is 31.8 Å². The van der Waals surface area contributed by atoms with Gasteiger partial charge in [-0.2, -0.15) is 0 Å². The SMILES string of the molecule is CN(CC(=O)O)CC1CN(C(=O)NCC2CC3CCC2C3)CCO1. The molecule has 4 atom stereocenters. The van der Waals surface area contributed by atoms with Gasteiger partial charge in [-0.1, -0.05) is 6.42 Å². The van der Waals surface area contributed by atoms with Gasteiger partial charge >= 0.3 is 12.0 Å². The zero-order valence-electron chi connectivity index (χ0n) is 14.4. The van der Waals surface area contributed by atoms with Crippen LogP contribution in [0.4, 0.5) is 4.79 Å². The Morgan fingerprint density at radius 2 is 2.17 bits per heavy atom. The molecule has 1 aliphatic heterocycles. The Hall–Kier alpha value is -1.34. The van der Waals surface area contributed by atoms with Crippen LogP contribution in [0, 0.1) is 17.8 Å². The molecule has 0 aromatic carbocycles. The number of carbonyl (C=O) groups is 2. The summed E-state index contributed by atoms with van der Waals surface area (Å²) in [4.78, 5) is 26.7. The summed E-state index contributed by atoms with van der Waals surface area (Å²) in [5.74, 6) is 1.52. The molecule has 0 aromatic rings. The van der Waals surface area contributed by atoms with Gasteiger partial charge < -0.3 is 20.1 Å². The van der Waals surface area contributed by atoms with Gasteiger partial charge in [0.05, 0.1) is 19.3 Å². The van der Waals surface area contributed by atoms with Gasteiger partial charge in [0.15, 0.2) is 0 Å². The Morgan fingerprint density at radius 1 is 1.33 bits per heavy atom. The zero-order chi connectivity index (χ0) is 17.1. The minimum absolute atomic E-state index is 0.00744. The van der Waals surface area contributed by atoms with Gasteiger partial charge in [-0.25, -0.2) is 4.79 Å². The minimum Gasteiger partial charge on any atom is -0.480 e. The maximum absolute atomic E-state index is 12.4. The molecular formula is C17H29N3O4. The fourth-order valence-corrected chi connectivity index (χ4v) is 4.61. The lowest BCUT2D eigenvalue weighted by molar-refractivity contribution is -0.138. The number of carbonyl (C=O) groups excluding carboxylic acids is 1. The Balaban J connectivity index is 1.40. The number of likely N-dealkylation sites (N-methyl/N-ethyl adjacent to an activating group) is 1. The highest BCUT2D eigenvalue weighted by Crippen LogP contribution is 2.47. The van der Waals surface area contributed by atoms with Crippen molar-refractivity contribution in [3.05, 3.63) is 0 Å². The van der Waals surface area contributed by atoms with E-state index in [0.29, 0.717) is 32.2 Å². The largest absolute Gasteiger partial charge is 0.480 e. The van der Waals surface area contributed by atoms with E-state index < -0.39 is 5.97 Å². The first-order chi connectivity index (χ1) is 11.5. The lowest BCUT2D eigenvalue weighted by Gasteiger charge is -2.35. The second-order valence-electron chi connectivity index (χ2n) is 7.65. The molecule has 2 aliphatic carbocycles. The third-order valence-corrected chi connectivity index (χ3v) is 5.75. The Bertz CT molecular complexity index is 473. The Morgan fingerprint density at radius 3 is 2.83 bits per heavy atom. The molecule has 4 unspecified atom stereocenters. The number of carboxylic acids is 1. The number of nitrogens with one attached hydrogen (secondary N) is 1. The number of nitrogens with zero attached hydrogens (tertiary/aromatic N) is 2. The summed E-state index contributed by atoms with van der Waals surface area (Å²) in [6.07, 6.45) is 5.22. The van der Waals surface area contributed by atoms with Gasteiger partial charge in [0, 0.05) is 26.2 Å². The molecule has 0 spiro atoms. The fourth-order valence-electron chi connectivity index (χ4n) is 4.61. The maximum Gasteiger partial charge on any atom is 0.317 e. The van der Waals surface area contributed by atoms with E-state index in [-0.39, 0.29) is 18.7 Å². The second-order valence-corrected chi connectivity index (χ2v) is 7.65. The van der Waals surface area contributed by atoms with Crippen LogP contribution in [0.5, 0.6) is 0 Å². The number of ether oxygens (including phenoxy) is 1. The highest BCUT2D eigenvalue weighted by atomic mass is 16.5. The van der Waals surface area contributed by atoms with E-state index in [4.69, 9.17) is 9.84 Å². The third kappa shape index (κ3) is 4.39. The number of carboxylic acid groups (broad SMARTS) is 1. The van der Waals surface area contributed by atoms with Crippen molar-refractivity contribution in [2.75, 3.05) is 46.4 Å². The van der Waals surface area contributed by atoms with Crippen LogP contribution < -0.4 is 5.32 Å². The Labute approximate surface area is 143 Å². The average Bonchev–Trinajstić information content (AvgIpc) is 3.14. The van der Waals surface area contributed by atoms with Gasteiger partial charge in [0.2, 0.25) is 0 Å². The minimum atomic E-state index is -0.853. The Kier molecular flexibility index (Phi) is 5.61. The monoisotopic (exact) mass is 339 g/mol. The molecule has 1 heterocycles. The van der Waals surface area contributed by atoms with Crippen molar-refractivity contribution in [1.82, 2.24) is 15.1 Å². The number of amides is 2. The lowest BCUT2D eigenvalue weighted by atomic mass is 9.89. The number of aliphatic carboxylic acids is 1. The van der Waals surface area contributed by atoms with Crippen LogP contribution in [0.15, 0.2) is 0 Å². The van der Waals surface area contributed by atoms with Crippen LogP contribution in [0.25, 0.3) is 0 Å². The molecular weight excluding hydrogens is 310 g/mol. The zero-order valence-corrected chi connectivity index (χ0v) is 14.4. The van der Waals surface area contributed by atoms with Crippen molar-refractivity contribution in [3.63, 3.8) is 0 Å². The van der Waals surface area contributed by atoms with E-state index in [0.717, 1.165) is 18.4 Å². The van der Waals surface area contributed by atoms with Gasteiger partial charge in [-0.15, -0.1) is 0 Å². The molecule has 24 heavy (non-hydrogen) atoms. The van der Waals surface area contributed by atoms with E-state index in [1.165, 1.54) is 25.7 Å². The first-order valence-electron chi connectivity index (χ1n) is 9.06. The lowest BCUT2D eigenvalue weighted by Crippen LogP contribution is -2.53. The van der Waals surface area contributed by atoms with Crippen LogP contribution in [0.3, 0.4) is 0 Å². The number of hydrogen-bond donors (Lipinski definition) is 2. The highest BCUT2D eigenvalue weighted by Gasteiger charge is 2.39. The topological polar surface area (TPSA) is 82.1 Å². The summed E-state index contributed by atoms with van der Waals surface area (Å²) in [7, 11) is 1.76. The normalized spacial score (nSPS) is 32.3. The molecule has 136 valence electrons. The van der Waals surface area contributed by atoms with Crippen LogP contribution in [0.1, 0.15) is 25.7 Å².